The zero-order valence-corrected chi connectivity index (χ0v) is 20.4. The lowest BCUT2D eigenvalue weighted by Crippen LogP contribution is -2.47. The largest absolute Gasteiger partial charge is 0.247 e. The van der Waals surface area contributed by atoms with E-state index in [1.54, 1.807) is 0 Å². The molecule has 1 atom stereocenters. The molecular formula is C30H47F. The zero-order chi connectivity index (χ0) is 21.7. The van der Waals surface area contributed by atoms with Gasteiger partial charge in [0.05, 0.1) is 0 Å². The number of unbranched alkanes of at least 4 members (excludes halogenated alkanes) is 2. The quantitative estimate of drug-likeness (QED) is 0.327. The summed E-state index contributed by atoms with van der Waals surface area (Å²) < 4.78 is 15.7. The van der Waals surface area contributed by atoms with Crippen molar-refractivity contribution in [1.29, 1.82) is 0 Å². The third-order valence-electron chi connectivity index (χ3n) is 9.81. The molecule has 0 N–H and O–H groups in total. The fraction of sp³-hybridized carbons (Fsp3) is 0.800. The van der Waals surface area contributed by atoms with Gasteiger partial charge < -0.3 is 0 Å². The summed E-state index contributed by atoms with van der Waals surface area (Å²) in [4.78, 5) is 0. The maximum atomic E-state index is 15.7. The molecule has 5 rings (SSSR count). The van der Waals surface area contributed by atoms with E-state index in [-0.39, 0.29) is 5.41 Å². The molecule has 4 aliphatic carbocycles. The Bertz CT molecular complexity index is 642. The molecule has 0 spiro atoms. The van der Waals surface area contributed by atoms with Crippen molar-refractivity contribution in [3.8, 4) is 0 Å². The number of hydrogen-bond donors (Lipinski definition) is 0. The molecular weight excluding hydrogens is 379 g/mol. The lowest BCUT2D eigenvalue weighted by molar-refractivity contribution is -0.0695. The zero-order valence-electron chi connectivity index (χ0n) is 20.4. The average molecular weight is 427 g/mol. The van der Waals surface area contributed by atoms with E-state index in [1.165, 1.54) is 114 Å². The molecule has 0 radical (unpaired) electrons. The molecule has 1 unspecified atom stereocenters. The normalized spacial score (nSPS) is 34.0. The van der Waals surface area contributed by atoms with Crippen LogP contribution in [0.15, 0.2) is 24.3 Å². The van der Waals surface area contributed by atoms with Gasteiger partial charge in [-0.25, -0.2) is 4.39 Å². The molecule has 0 aliphatic heterocycles. The summed E-state index contributed by atoms with van der Waals surface area (Å²) in [6, 6.07) is 9.49. The first-order valence-corrected chi connectivity index (χ1v) is 13.8. The highest BCUT2D eigenvalue weighted by Gasteiger charge is 2.52. The van der Waals surface area contributed by atoms with Crippen LogP contribution >= 0.6 is 0 Å². The van der Waals surface area contributed by atoms with Crippen molar-refractivity contribution in [1.82, 2.24) is 0 Å². The number of hydrogen-bond acceptors (Lipinski definition) is 0. The van der Waals surface area contributed by atoms with Gasteiger partial charge in [-0.3, -0.25) is 0 Å². The maximum absolute atomic E-state index is 15.7. The van der Waals surface area contributed by atoms with Crippen molar-refractivity contribution in [2.24, 2.45) is 16.7 Å². The molecule has 1 aromatic rings. The predicted molar refractivity (Wildman–Crippen MR) is 131 cm³/mol. The van der Waals surface area contributed by atoms with Crippen LogP contribution < -0.4 is 0 Å². The van der Waals surface area contributed by atoms with Crippen LogP contribution in [0.25, 0.3) is 0 Å². The molecule has 0 saturated heterocycles. The third-order valence-corrected chi connectivity index (χ3v) is 9.81. The smallest absolute Gasteiger partial charge is 0.106 e. The molecule has 1 aromatic carbocycles. The van der Waals surface area contributed by atoms with Gasteiger partial charge >= 0.3 is 0 Å². The van der Waals surface area contributed by atoms with E-state index in [0.29, 0.717) is 17.3 Å². The molecule has 4 fully saturated rings. The van der Waals surface area contributed by atoms with Crippen LogP contribution in [0.3, 0.4) is 0 Å². The summed E-state index contributed by atoms with van der Waals surface area (Å²) in [5, 5.41) is 0. The highest BCUT2D eigenvalue weighted by atomic mass is 19.1. The average Bonchev–Trinajstić information content (AvgIpc) is 2.81. The fourth-order valence-electron chi connectivity index (χ4n) is 7.48. The molecule has 174 valence electrons. The van der Waals surface area contributed by atoms with E-state index < -0.39 is 6.17 Å². The summed E-state index contributed by atoms with van der Waals surface area (Å²) in [5.41, 5.74) is 3.67. The molecule has 2 bridgehead atoms. The lowest BCUT2D eigenvalue weighted by atomic mass is 9.51. The number of halogens is 1. The van der Waals surface area contributed by atoms with Crippen molar-refractivity contribution < 1.29 is 4.39 Å². The highest BCUT2D eigenvalue weighted by molar-refractivity contribution is 5.26. The van der Waals surface area contributed by atoms with Crippen LogP contribution in [0.2, 0.25) is 0 Å². The Balaban J connectivity index is 1.23. The minimum Gasteiger partial charge on any atom is -0.247 e. The Morgan fingerprint density at radius 1 is 0.839 bits per heavy atom. The predicted octanol–water partition coefficient (Wildman–Crippen LogP) is 9.56. The minimum atomic E-state index is -0.545. The van der Waals surface area contributed by atoms with Gasteiger partial charge in [0.1, 0.15) is 6.17 Å². The number of fused-ring (bicyclic) bond motifs is 3. The van der Waals surface area contributed by atoms with Gasteiger partial charge in [-0.05, 0) is 118 Å². The Hall–Kier alpha value is -0.850. The monoisotopic (exact) mass is 426 g/mol. The Morgan fingerprint density at radius 3 is 2.06 bits per heavy atom. The van der Waals surface area contributed by atoms with Crippen molar-refractivity contribution in [3.63, 3.8) is 0 Å². The maximum Gasteiger partial charge on any atom is 0.106 e. The van der Waals surface area contributed by atoms with E-state index in [2.05, 4.69) is 38.1 Å². The van der Waals surface area contributed by atoms with Crippen LogP contribution in [0, 0.1) is 16.7 Å². The van der Waals surface area contributed by atoms with Gasteiger partial charge in [0.2, 0.25) is 0 Å². The Morgan fingerprint density at radius 2 is 1.48 bits per heavy atom. The summed E-state index contributed by atoms with van der Waals surface area (Å²) >= 11 is 0. The summed E-state index contributed by atoms with van der Waals surface area (Å²) in [6.45, 7) is 4.59. The second-order valence-corrected chi connectivity index (χ2v) is 11.7. The molecule has 0 amide bonds. The van der Waals surface area contributed by atoms with E-state index in [4.69, 9.17) is 0 Å². The third kappa shape index (κ3) is 5.39. The van der Waals surface area contributed by atoms with E-state index in [1.807, 2.05) is 0 Å². The van der Waals surface area contributed by atoms with Crippen LogP contribution in [-0.2, 0) is 6.42 Å². The lowest BCUT2D eigenvalue weighted by Gasteiger charge is -2.55. The summed E-state index contributed by atoms with van der Waals surface area (Å²) in [7, 11) is 0. The standard InChI is InChI=1S/C30H47F/c1-3-5-6-7-24-8-12-26(13-9-24)27-14-10-25(11-15-27)23-28(31)30-20-17-29(16-4-2,18-21-30)19-22-30/h8-9,12-13,25,27-28H,3-7,10-11,14-23H2,1-2H3. The van der Waals surface area contributed by atoms with Crippen molar-refractivity contribution >= 4 is 0 Å². The van der Waals surface area contributed by atoms with E-state index in [9.17, 15) is 0 Å². The van der Waals surface area contributed by atoms with Crippen LogP contribution in [0.1, 0.15) is 134 Å². The van der Waals surface area contributed by atoms with Crippen LogP contribution in [0.5, 0.6) is 0 Å². The molecule has 4 aliphatic rings. The second-order valence-electron chi connectivity index (χ2n) is 11.7. The van der Waals surface area contributed by atoms with Gasteiger partial charge in [0.25, 0.3) is 0 Å². The van der Waals surface area contributed by atoms with Crippen molar-refractivity contribution in [3.05, 3.63) is 35.4 Å². The number of aryl methyl sites for hydroxylation is 1. The highest BCUT2D eigenvalue weighted by Crippen LogP contribution is 2.61. The van der Waals surface area contributed by atoms with Crippen LogP contribution in [-0.4, -0.2) is 6.17 Å². The molecule has 31 heavy (non-hydrogen) atoms. The van der Waals surface area contributed by atoms with Gasteiger partial charge in [0, 0.05) is 5.41 Å². The molecule has 0 nitrogen and oxygen atoms in total. The SMILES string of the molecule is CCCCCc1ccc(C2CCC(CC(F)C34CCC(CCC)(CC3)CC4)CC2)cc1. The van der Waals surface area contributed by atoms with Crippen molar-refractivity contribution in [2.75, 3.05) is 0 Å². The fourth-order valence-corrected chi connectivity index (χ4v) is 7.48. The first kappa shape index (κ1) is 23.3. The minimum absolute atomic E-state index is 0.0555. The molecule has 0 aromatic heterocycles. The summed E-state index contributed by atoms with van der Waals surface area (Å²) in [5.74, 6) is 1.33. The van der Waals surface area contributed by atoms with Crippen molar-refractivity contribution in [2.45, 2.75) is 135 Å². The first-order chi connectivity index (χ1) is 15.1. The molecule has 1 heteroatoms. The molecule has 0 heterocycles. The van der Waals surface area contributed by atoms with Gasteiger partial charge in [0.15, 0.2) is 0 Å². The molecule has 4 saturated carbocycles. The Kier molecular flexibility index (Phi) is 7.81. The topological polar surface area (TPSA) is 0 Å². The first-order valence-electron chi connectivity index (χ1n) is 13.8. The second kappa shape index (κ2) is 10.4. The number of benzene rings is 1. The van der Waals surface area contributed by atoms with E-state index in [0.717, 1.165) is 6.42 Å². The van der Waals surface area contributed by atoms with Gasteiger partial charge in [-0.2, -0.15) is 0 Å². The number of rotatable bonds is 10. The summed E-state index contributed by atoms with van der Waals surface area (Å²) in [6.07, 6.45) is 20.6. The Labute approximate surface area is 191 Å². The van der Waals surface area contributed by atoms with E-state index >= 15 is 4.39 Å². The van der Waals surface area contributed by atoms with Crippen LogP contribution in [0.4, 0.5) is 4.39 Å². The number of alkyl halides is 1. The van der Waals surface area contributed by atoms with Gasteiger partial charge in [-0.1, -0.05) is 57.4 Å². The van der Waals surface area contributed by atoms with Gasteiger partial charge in [-0.15, -0.1) is 0 Å².